The SMILES string of the molecule is COc1cccc2cc(C(=O)N(Cc3ccco3)c3nc4c(C)cc(C)cc4s3)oc12. The molecule has 6 nitrogen and oxygen atoms in total. The normalized spacial score (nSPS) is 11.3. The van der Waals surface area contributed by atoms with E-state index in [1.54, 1.807) is 36.5 Å². The Hall–Kier alpha value is -3.58. The van der Waals surface area contributed by atoms with E-state index in [2.05, 4.69) is 19.1 Å². The van der Waals surface area contributed by atoms with Crippen molar-refractivity contribution in [3.8, 4) is 5.75 Å². The second-order valence-electron chi connectivity index (χ2n) is 7.38. The molecule has 0 saturated carbocycles. The smallest absolute Gasteiger partial charge is 0.296 e. The van der Waals surface area contributed by atoms with Crippen molar-refractivity contribution in [3.63, 3.8) is 0 Å². The quantitative estimate of drug-likeness (QED) is 0.335. The van der Waals surface area contributed by atoms with Gasteiger partial charge in [-0.1, -0.05) is 29.5 Å². The number of fused-ring (bicyclic) bond motifs is 2. The van der Waals surface area contributed by atoms with Gasteiger partial charge in [-0.25, -0.2) is 4.98 Å². The van der Waals surface area contributed by atoms with Gasteiger partial charge in [0.25, 0.3) is 5.91 Å². The standard InChI is InChI=1S/C24H20N2O4S/c1-14-10-15(2)21-20(11-14)31-24(25-21)26(13-17-7-5-9-29-17)23(27)19-12-16-6-4-8-18(28-3)22(16)30-19/h4-12H,13H2,1-3H3. The zero-order valence-electron chi connectivity index (χ0n) is 17.3. The van der Waals surface area contributed by atoms with E-state index in [0.717, 1.165) is 26.7 Å². The molecule has 7 heteroatoms. The number of para-hydroxylation sites is 1. The Balaban J connectivity index is 1.61. The lowest BCUT2D eigenvalue weighted by molar-refractivity contribution is 0.0958. The zero-order valence-corrected chi connectivity index (χ0v) is 18.2. The van der Waals surface area contributed by atoms with Crippen LogP contribution in [0.1, 0.15) is 27.4 Å². The zero-order chi connectivity index (χ0) is 21.5. The predicted octanol–water partition coefficient (Wildman–Crippen LogP) is 6.11. The van der Waals surface area contributed by atoms with E-state index in [4.69, 9.17) is 18.6 Å². The Morgan fingerprint density at radius 1 is 1.16 bits per heavy atom. The molecule has 0 aliphatic rings. The largest absolute Gasteiger partial charge is 0.493 e. The molecule has 3 heterocycles. The third kappa shape index (κ3) is 3.47. The maximum absolute atomic E-state index is 13.6. The van der Waals surface area contributed by atoms with Crippen molar-refractivity contribution in [2.75, 3.05) is 12.0 Å². The van der Waals surface area contributed by atoms with E-state index < -0.39 is 0 Å². The molecular formula is C24H20N2O4S. The number of aryl methyl sites for hydroxylation is 2. The number of rotatable bonds is 5. The molecule has 0 saturated heterocycles. The molecule has 0 aliphatic carbocycles. The van der Waals surface area contributed by atoms with E-state index in [-0.39, 0.29) is 18.2 Å². The first kappa shape index (κ1) is 19.4. The van der Waals surface area contributed by atoms with Gasteiger partial charge >= 0.3 is 0 Å². The Labute approximate surface area is 182 Å². The summed E-state index contributed by atoms with van der Waals surface area (Å²) < 4.78 is 17.8. The molecule has 5 aromatic rings. The molecule has 5 rings (SSSR count). The number of benzene rings is 2. The van der Waals surface area contributed by atoms with E-state index in [1.165, 1.54) is 11.3 Å². The molecule has 0 unspecified atom stereocenters. The molecular weight excluding hydrogens is 412 g/mol. The van der Waals surface area contributed by atoms with Gasteiger partial charge in [0, 0.05) is 5.39 Å². The maximum Gasteiger partial charge on any atom is 0.296 e. The summed E-state index contributed by atoms with van der Waals surface area (Å²) in [7, 11) is 1.58. The third-order valence-corrected chi connectivity index (χ3v) is 6.15. The third-order valence-electron chi connectivity index (χ3n) is 5.13. The van der Waals surface area contributed by atoms with Gasteiger partial charge in [0.2, 0.25) is 0 Å². The minimum absolute atomic E-state index is 0.221. The monoisotopic (exact) mass is 432 g/mol. The van der Waals surface area contributed by atoms with Crippen molar-refractivity contribution in [2.45, 2.75) is 20.4 Å². The van der Waals surface area contributed by atoms with Crippen LogP contribution in [0.15, 0.2) is 63.6 Å². The number of thiazole rings is 1. The number of aromatic nitrogens is 1. The Morgan fingerprint density at radius 2 is 2.03 bits per heavy atom. The molecule has 156 valence electrons. The lowest BCUT2D eigenvalue weighted by atomic mass is 10.1. The van der Waals surface area contributed by atoms with Gasteiger partial charge in [0.1, 0.15) is 5.76 Å². The Bertz CT molecular complexity index is 1400. The van der Waals surface area contributed by atoms with Crippen LogP contribution in [-0.2, 0) is 6.54 Å². The molecule has 2 aromatic carbocycles. The second-order valence-corrected chi connectivity index (χ2v) is 8.39. The van der Waals surface area contributed by atoms with Crippen molar-refractivity contribution in [1.29, 1.82) is 0 Å². The molecule has 1 amide bonds. The summed E-state index contributed by atoms with van der Waals surface area (Å²) >= 11 is 1.48. The van der Waals surface area contributed by atoms with E-state index in [0.29, 0.717) is 22.2 Å². The summed E-state index contributed by atoms with van der Waals surface area (Å²) in [5.74, 6) is 1.18. The first-order chi connectivity index (χ1) is 15.0. The molecule has 0 fully saturated rings. The van der Waals surface area contributed by atoms with Crippen molar-refractivity contribution < 1.29 is 18.4 Å². The van der Waals surface area contributed by atoms with Crippen LogP contribution in [0.2, 0.25) is 0 Å². The van der Waals surface area contributed by atoms with Gasteiger partial charge in [-0.3, -0.25) is 9.69 Å². The summed E-state index contributed by atoms with van der Waals surface area (Å²) in [6.45, 7) is 4.33. The molecule has 0 atom stereocenters. The van der Waals surface area contributed by atoms with Gasteiger partial charge in [0.15, 0.2) is 22.2 Å². The number of furan rings is 2. The molecule has 31 heavy (non-hydrogen) atoms. The van der Waals surface area contributed by atoms with E-state index in [9.17, 15) is 4.79 Å². The number of amides is 1. The van der Waals surface area contributed by atoms with Gasteiger partial charge in [0.05, 0.1) is 30.1 Å². The minimum atomic E-state index is -0.289. The van der Waals surface area contributed by atoms with Crippen LogP contribution >= 0.6 is 11.3 Å². The van der Waals surface area contributed by atoms with Gasteiger partial charge < -0.3 is 13.6 Å². The topological polar surface area (TPSA) is 68.7 Å². The molecule has 3 aromatic heterocycles. The van der Waals surface area contributed by atoms with Crippen LogP contribution < -0.4 is 9.64 Å². The van der Waals surface area contributed by atoms with Gasteiger partial charge in [-0.15, -0.1) is 0 Å². The van der Waals surface area contributed by atoms with Crippen LogP contribution in [0.3, 0.4) is 0 Å². The molecule has 0 N–H and O–H groups in total. The van der Waals surface area contributed by atoms with Gasteiger partial charge in [-0.05, 0) is 55.3 Å². The van der Waals surface area contributed by atoms with E-state index >= 15 is 0 Å². The number of hydrogen-bond acceptors (Lipinski definition) is 6. The number of methoxy groups -OCH3 is 1. The van der Waals surface area contributed by atoms with E-state index in [1.807, 2.05) is 25.1 Å². The summed E-state index contributed by atoms with van der Waals surface area (Å²) in [5, 5.41) is 1.40. The fourth-order valence-electron chi connectivity index (χ4n) is 3.69. The van der Waals surface area contributed by atoms with Crippen LogP contribution in [-0.4, -0.2) is 18.0 Å². The second kappa shape index (κ2) is 7.59. The molecule has 0 spiro atoms. The summed E-state index contributed by atoms with van der Waals surface area (Å²) in [6.07, 6.45) is 1.59. The highest BCUT2D eigenvalue weighted by Crippen LogP contribution is 2.35. The highest BCUT2D eigenvalue weighted by molar-refractivity contribution is 7.22. The molecule has 0 bridgehead atoms. The predicted molar refractivity (Wildman–Crippen MR) is 121 cm³/mol. The number of hydrogen-bond donors (Lipinski definition) is 0. The number of nitrogens with zero attached hydrogens (tertiary/aromatic N) is 2. The van der Waals surface area contributed by atoms with Crippen LogP contribution in [0.25, 0.3) is 21.2 Å². The maximum atomic E-state index is 13.6. The Morgan fingerprint density at radius 3 is 2.81 bits per heavy atom. The number of carbonyl (C=O) groups excluding carboxylic acids is 1. The van der Waals surface area contributed by atoms with Crippen LogP contribution in [0.5, 0.6) is 5.75 Å². The lowest BCUT2D eigenvalue weighted by Crippen LogP contribution is -2.29. The van der Waals surface area contributed by atoms with Crippen LogP contribution in [0, 0.1) is 13.8 Å². The van der Waals surface area contributed by atoms with Crippen molar-refractivity contribution in [2.24, 2.45) is 0 Å². The van der Waals surface area contributed by atoms with Gasteiger partial charge in [-0.2, -0.15) is 0 Å². The summed E-state index contributed by atoms with van der Waals surface area (Å²) in [4.78, 5) is 20.0. The average Bonchev–Trinajstić information content (AvgIpc) is 3.49. The molecule has 0 aliphatic heterocycles. The average molecular weight is 433 g/mol. The lowest BCUT2D eigenvalue weighted by Gasteiger charge is -2.17. The fraction of sp³-hybridized carbons (Fsp3) is 0.167. The first-order valence-electron chi connectivity index (χ1n) is 9.82. The fourth-order valence-corrected chi connectivity index (χ4v) is 4.83. The number of ether oxygens (including phenoxy) is 1. The van der Waals surface area contributed by atoms with Crippen molar-refractivity contribution in [3.05, 3.63) is 77.4 Å². The number of carbonyl (C=O) groups is 1. The summed E-state index contributed by atoms with van der Waals surface area (Å²) in [5.41, 5.74) is 3.68. The number of anilines is 1. The van der Waals surface area contributed by atoms with Crippen molar-refractivity contribution >= 4 is 43.6 Å². The highest BCUT2D eigenvalue weighted by Gasteiger charge is 2.26. The summed E-state index contributed by atoms with van der Waals surface area (Å²) in [6, 6.07) is 15.1. The Kier molecular flexibility index (Phi) is 4.75. The first-order valence-corrected chi connectivity index (χ1v) is 10.6. The minimum Gasteiger partial charge on any atom is -0.493 e. The molecule has 0 radical (unpaired) electrons. The highest BCUT2D eigenvalue weighted by atomic mass is 32.1. The van der Waals surface area contributed by atoms with Crippen molar-refractivity contribution in [1.82, 2.24) is 4.98 Å². The van der Waals surface area contributed by atoms with Crippen LogP contribution in [0.4, 0.5) is 5.13 Å².